The average molecular weight is 254 g/mol. The Balaban J connectivity index is 2.24. The van der Waals surface area contributed by atoms with Gasteiger partial charge in [-0.1, -0.05) is 11.6 Å². The third-order valence-corrected chi connectivity index (χ3v) is 2.55. The summed E-state index contributed by atoms with van der Waals surface area (Å²) in [6, 6.07) is 3.74. The van der Waals surface area contributed by atoms with Crippen LogP contribution in [0.25, 0.3) is 0 Å². The molecule has 0 N–H and O–H groups in total. The quantitative estimate of drug-likeness (QED) is 0.783. The summed E-state index contributed by atoms with van der Waals surface area (Å²) in [5.74, 6) is 1.93. The van der Waals surface area contributed by atoms with Crippen molar-refractivity contribution >= 4 is 17.4 Å². The first-order valence-electron chi connectivity index (χ1n) is 5.00. The Morgan fingerprint density at radius 2 is 2.29 bits per heavy atom. The fourth-order valence-corrected chi connectivity index (χ4v) is 1.71. The van der Waals surface area contributed by atoms with E-state index < -0.39 is 0 Å². The zero-order chi connectivity index (χ0) is 12.3. The highest BCUT2D eigenvalue weighted by atomic mass is 35.5. The van der Waals surface area contributed by atoms with Gasteiger partial charge in [-0.25, -0.2) is 9.97 Å². The van der Waals surface area contributed by atoms with E-state index in [1.165, 1.54) is 13.4 Å². The highest BCUT2D eigenvalue weighted by molar-refractivity contribution is 6.31. The van der Waals surface area contributed by atoms with Gasteiger partial charge in [0.05, 0.1) is 19.9 Å². The largest absolute Gasteiger partial charge is 0.490 e. The minimum Gasteiger partial charge on any atom is -0.490 e. The molecule has 0 atom stereocenters. The molecule has 0 radical (unpaired) electrons. The van der Waals surface area contributed by atoms with E-state index in [0.29, 0.717) is 23.3 Å². The van der Waals surface area contributed by atoms with E-state index in [2.05, 4.69) is 9.97 Å². The maximum atomic E-state index is 5.93. The molecule has 0 aliphatic rings. The molecule has 2 rings (SSSR count). The van der Waals surface area contributed by atoms with Crippen molar-refractivity contribution < 1.29 is 9.15 Å². The normalized spacial score (nSPS) is 10.3. The number of ether oxygens (including phenoxy) is 1. The number of nitrogens with zero attached hydrogens (tertiary/aromatic N) is 3. The number of aromatic nitrogens is 2. The summed E-state index contributed by atoms with van der Waals surface area (Å²) in [6.07, 6.45) is 3.03. The van der Waals surface area contributed by atoms with Gasteiger partial charge >= 0.3 is 0 Å². The van der Waals surface area contributed by atoms with Crippen LogP contribution in [0, 0.1) is 0 Å². The number of halogens is 1. The number of rotatable bonds is 4. The highest BCUT2D eigenvalue weighted by Crippen LogP contribution is 2.31. The summed E-state index contributed by atoms with van der Waals surface area (Å²) < 4.78 is 10.5. The van der Waals surface area contributed by atoms with Crippen molar-refractivity contribution in [3.63, 3.8) is 0 Å². The van der Waals surface area contributed by atoms with Gasteiger partial charge in [0.15, 0.2) is 16.7 Å². The van der Waals surface area contributed by atoms with Gasteiger partial charge in [0.2, 0.25) is 0 Å². The van der Waals surface area contributed by atoms with Crippen LogP contribution in [0.3, 0.4) is 0 Å². The summed E-state index contributed by atoms with van der Waals surface area (Å²) in [6.45, 7) is 0.580. The summed E-state index contributed by atoms with van der Waals surface area (Å²) in [5, 5.41) is 0.295. The van der Waals surface area contributed by atoms with Gasteiger partial charge in [0.25, 0.3) is 0 Å². The van der Waals surface area contributed by atoms with Gasteiger partial charge < -0.3 is 14.1 Å². The molecule has 5 nitrogen and oxygen atoms in total. The van der Waals surface area contributed by atoms with Crippen LogP contribution < -0.4 is 9.64 Å². The Hall–Kier alpha value is -1.75. The lowest BCUT2D eigenvalue weighted by Gasteiger charge is -2.19. The number of anilines is 1. The number of hydrogen-bond donors (Lipinski definition) is 0. The molecule has 2 aromatic heterocycles. The second kappa shape index (κ2) is 5.05. The second-order valence-electron chi connectivity index (χ2n) is 3.46. The van der Waals surface area contributed by atoms with Crippen molar-refractivity contribution in [2.24, 2.45) is 0 Å². The maximum absolute atomic E-state index is 5.93. The Labute approximate surface area is 104 Å². The SMILES string of the molecule is COc1c(Cl)ncnc1N(C)Cc1ccco1. The maximum Gasteiger partial charge on any atom is 0.199 e. The molecule has 0 bridgehead atoms. The summed E-state index contributed by atoms with van der Waals surface area (Å²) >= 11 is 5.93. The Kier molecular flexibility index (Phi) is 3.49. The van der Waals surface area contributed by atoms with Crippen molar-refractivity contribution in [2.75, 3.05) is 19.1 Å². The van der Waals surface area contributed by atoms with Crippen LogP contribution in [0.4, 0.5) is 5.82 Å². The smallest absolute Gasteiger partial charge is 0.199 e. The minimum atomic E-state index is 0.295. The van der Waals surface area contributed by atoms with Crippen molar-refractivity contribution in [3.8, 4) is 5.75 Å². The third-order valence-electron chi connectivity index (χ3n) is 2.28. The van der Waals surface area contributed by atoms with Crippen LogP contribution in [-0.2, 0) is 6.54 Å². The molecular formula is C11H12ClN3O2. The lowest BCUT2D eigenvalue weighted by molar-refractivity contribution is 0.410. The van der Waals surface area contributed by atoms with Crippen molar-refractivity contribution in [1.82, 2.24) is 9.97 Å². The monoisotopic (exact) mass is 253 g/mol. The van der Waals surface area contributed by atoms with Gasteiger partial charge in [-0.05, 0) is 12.1 Å². The predicted molar refractivity (Wildman–Crippen MR) is 64.4 cm³/mol. The molecule has 17 heavy (non-hydrogen) atoms. The van der Waals surface area contributed by atoms with Gasteiger partial charge in [0.1, 0.15) is 12.1 Å². The Morgan fingerprint density at radius 3 is 2.94 bits per heavy atom. The molecule has 0 spiro atoms. The molecule has 0 aliphatic heterocycles. The number of hydrogen-bond acceptors (Lipinski definition) is 5. The van der Waals surface area contributed by atoms with Crippen LogP contribution in [0.15, 0.2) is 29.1 Å². The molecule has 6 heteroatoms. The Morgan fingerprint density at radius 1 is 1.47 bits per heavy atom. The van der Waals surface area contributed by atoms with Crippen LogP contribution in [0.2, 0.25) is 5.15 Å². The van der Waals surface area contributed by atoms with Gasteiger partial charge in [0, 0.05) is 7.05 Å². The van der Waals surface area contributed by atoms with Crippen molar-refractivity contribution in [1.29, 1.82) is 0 Å². The standard InChI is InChI=1S/C11H12ClN3O2/c1-15(6-8-4-3-5-17-8)11-9(16-2)10(12)13-7-14-11/h3-5,7H,6H2,1-2H3. The van der Waals surface area contributed by atoms with Gasteiger partial charge in [-0.15, -0.1) is 0 Å². The van der Waals surface area contributed by atoms with Gasteiger partial charge in [-0.2, -0.15) is 0 Å². The van der Waals surface area contributed by atoms with Crippen molar-refractivity contribution in [2.45, 2.75) is 6.54 Å². The summed E-state index contributed by atoms with van der Waals surface area (Å²) in [7, 11) is 3.42. The first-order chi connectivity index (χ1) is 8.22. The van der Waals surface area contributed by atoms with Crippen molar-refractivity contribution in [3.05, 3.63) is 35.6 Å². The molecule has 0 amide bonds. The first-order valence-corrected chi connectivity index (χ1v) is 5.38. The topological polar surface area (TPSA) is 51.4 Å². The van der Waals surface area contributed by atoms with Crippen LogP contribution >= 0.6 is 11.6 Å². The molecule has 0 aliphatic carbocycles. The second-order valence-corrected chi connectivity index (χ2v) is 3.81. The lowest BCUT2D eigenvalue weighted by Crippen LogP contribution is -2.18. The highest BCUT2D eigenvalue weighted by Gasteiger charge is 2.15. The summed E-state index contributed by atoms with van der Waals surface area (Å²) in [5.41, 5.74) is 0. The molecule has 2 aromatic rings. The fourth-order valence-electron chi connectivity index (χ4n) is 1.50. The van der Waals surface area contributed by atoms with E-state index in [0.717, 1.165) is 5.76 Å². The predicted octanol–water partition coefficient (Wildman–Crippen LogP) is 2.37. The first kappa shape index (κ1) is 11.7. The van der Waals surface area contributed by atoms with E-state index in [-0.39, 0.29) is 0 Å². The summed E-state index contributed by atoms with van der Waals surface area (Å²) in [4.78, 5) is 9.90. The molecular weight excluding hydrogens is 242 g/mol. The van der Waals surface area contributed by atoms with E-state index in [1.807, 2.05) is 24.1 Å². The van der Waals surface area contributed by atoms with E-state index in [1.54, 1.807) is 6.26 Å². The number of furan rings is 1. The van der Waals surface area contributed by atoms with E-state index in [4.69, 9.17) is 20.8 Å². The van der Waals surface area contributed by atoms with E-state index in [9.17, 15) is 0 Å². The van der Waals surface area contributed by atoms with Crippen LogP contribution in [0.5, 0.6) is 5.75 Å². The molecule has 0 aromatic carbocycles. The average Bonchev–Trinajstić information content (AvgIpc) is 2.81. The molecule has 0 unspecified atom stereocenters. The van der Waals surface area contributed by atoms with Crippen LogP contribution in [-0.4, -0.2) is 24.1 Å². The molecule has 90 valence electrons. The molecule has 2 heterocycles. The minimum absolute atomic E-state index is 0.295. The lowest BCUT2D eigenvalue weighted by atomic mass is 10.4. The zero-order valence-corrected chi connectivity index (χ0v) is 10.3. The molecule has 0 saturated carbocycles. The van der Waals surface area contributed by atoms with Gasteiger partial charge in [-0.3, -0.25) is 0 Å². The third kappa shape index (κ3) is 2.50. The van der Waals surface area contributed by atoms with Crippen LogP contribution in [0.1, 0.15) is 5.76 Å². The number of methoxy groups -OCH3 is 1. The molecule has 0 saturated heterocycles. The Bertz CT molecular complexity index is 487. The fraction of sp³-hybridized carbons (Fsp3) is 0.273. The van der Waals surface area contributed by atoms with E-state index >= 15 is 0 Å². The zero-order valence-electron chi connectivity index (χ0n) is 9.55. The molecule has 0 fully saturated rings.